The Morgan fingerprint density at radius 1 is 1.28 bits per heavy atom. The summed E-state index contributed by atoms with van der Waals surface area (Å²) in [5.74, 6) is 0.803. The van der Waals surface area contributed by atoms with Crippen LogP contribution < -0.4 is 16.0 Å². The standard InChI is InChI=1S/C13H15N3O2/c1-7-4-8(2)12(18-3)9(5-7)10-6-11(17)16-13(14)15-10/h4-6H,1-3H3,(H3,14,15,16,17). The Kier molecular flexibility index (Phi) is 3.06. The third-order valence-corrected chi connectivity index (χ3v) is 2.66. The van der Waals surface area contributed by atoms with E-state index in [0.29, 0.717) is 11.4 Å². The molecule has 1 aromatic carbocycles. The number of aromatic amines is 1. The summed E-state index contributed by atoms with van der Waals surface area (Å²) in [6.07, 6.45) is 0. The molecule has 0 unspecified atom stereocenters. The number of methoxy groups -OCH3 is 1. The Morgan fingerprint density at radius 2 is 2.00 bits per heavy atom. The molecule has 0 bridgehead atoms. The Morgan fingerprint density at radius 3 is 2.61 bits per heavy atom. The van der Waals surface area contributed by atoms with Crippen LogP contribution in [0.15, 0.2) is 23.0 Å². The van der Waals surface area contributed by atoms with Crippen molar-refractivity contribution in [1.82, 2.24) is 9.97 Å². The molecule has 18 heavy (non-hydrogen) atoms. The third kappa shape index (κ3) is 2.20. The number of rotatable bonds is 2. The Bertz CT molecular complexity index is 647. The van der Waals surface area contributed by atoms with E-state index in [0.717, 1.165) is 16.7 Å². The van der Waals surface area contributed by atoms with Crippen molar-refractivity contribution in [3.63, 3.8) is 0 Å². The zero-order valence-corrected chi connectivity index (χ0v) is 10.6. The molecule has 1 heterocycles. The highest BCUT2D eigenvalue weighted by Crippen LogP contribution is 2.32. The summed E-state index contributed by atoms with van der Waals surface area (Å²) in [5.41, 5.74) is 8.63. The second kappa shape index (κ2) is 4.52. The maximum Gasteiger partial charge on any atom is 0.252 e. The van der Waals surface area contributed by atoms with Gasteiger partial charge in [0.1, 0.15) is 5.75 Å². The molecule has 0 aliphatic rings. The number of nitrogens with zero attached hydrogens (tertiary/aromatic N) is 1. The van der Waals surface area contributed by atoms with E-state index in [9.17, 15) is 4.79 Å². The minimum absolute atomic E-state index is 0.0960. The Balaban J connectivity index is 2.73. The van der Waals surface area contributed by atoms with Crippen molar-refractivity contribution in [2.24, 2.45) is 0 Å². The maximum atomic E-state index is 11.4. The number of nitrogens with two attached hydrogens (primary N) is 1. The van der Waals surface area contributed by atoms with Crippen molar-refractivity contribution in [2.75, 3.05) is 12.8 Å². The average Bonchev–Trinajstić information content (AvgIpc) is 2.26. The van der Waals surface area contributed by atoms with Crippen LogP contribution in [-0.4, -0.2) is 17.1 Å². The summed E-state index contributed by atoms with van der Waals surface area (Å²) in [7, 11) is 1.59. The predicted molar refractivity (Wildman–Crippen MR) is 70.7 cm³/mol. The van der Waals surface area contributed by atoms with E-state index >= 15 is 0 Å². The fourth-order valence-corrected chi connectivity index (χ4v) is 2.03. The quantitative estimate of drug-likeness (QED) is 0.842. The molecule has 0 saturated heterocycles. The van der Waals surface area contributed by atoms with E-state index in [4.69, 9.17) is 10.5 Å². The van der Waals surface area contributed by atoms with Crippen molar-refractivity contribution in [3.8, 4) is 17.0 Å². The van der Waals surface area contributed by atoms with Crippen molar-refractivity contribution >= 4 is 5.95 Å². The normalized spacial score (nSPS) is 10.4. The van der Waals surface area contributed by atoms with Crippen LogP contribution in [0.4, 0.5) is 5.95 Å². The van der Waals surface area contributed by atoms with Gasteiger partial charge in [-0.25, -0.2) is 4.98 Å². The van der Waals surface area contributed by atoms with Gasteiger partial charge in [-0.05, 0) is 31.0 Å². The van der Waals surface area contributed by atoms with Crippen molar-refractivity contribution < 1.29 is 4.74 Å². The molecular formula is C13H15N3O2. The van der Waals surface area contributed by atoms with Crippen LogP contribution in [0, 0.1) is 13.8 Å². The first kappa shape index (κ1) is 12.2. The van der Waals surface area contributed by atoms with Crippen LogP contribution >= 0.6 is 0 Å². The number of anilines is 1. The van der Waals surface area contributed by atoms with Gasteiger partial charge in [0, 0.05) is 11.6 Å². The molecule has 3 N–H and O–H groups in total. The number of hydrogen-bond acceptors (Lipinski definition) is 4. The van der Waals surface area contributed by atoms with Gasteiger partial charge in [-0.2, -0.15) is 0 Å². The second-order valence-electron chi connectivity index (χ2n) is 4.18. The minimum Gasteiger partial charge on any atom is -0.496 e. The summed E-state index contributed by atoms with van der Waals surface area (Å²) in [6, 6.07) is 5.35. The number of H-pyrrole nitrogens is 1. The molecule has 0 amide bonds. The van der Waals surface area contributed by atoms with E-state index in [-0.39, 0.29) is 11.5 Å². The molecule has 2 aromatic rings. The lowest BCUT2D eigenvalue weighted by molar-refractivity contribution is 0.413. The Labute approximate surface area is 105 Å². The third-order valence-electron chi connectivity index (χ3n) is 2.66. The number of aromatic nitrogens is 2. The van der Waals surface area contributed by atoms with E-state index < -0.39 is 0 Å². The van der Waals surface area contributed by atoms with Gasteiger partial charge < -0.3 is 10.5 Å². The zero-order chi connectivity index (χ0) is 13.3. The highest BCUT2D eigenvalue weighted by Gasteiger charge is 2.12. The van der Waals surface area contributed by atoms with E-state index in [1.165, 1.54) is 6.07 Å². The van der Waals surface area contributed by atoms with E-state index in [1.54, 1.807) is 7.11 Å². The highest BCUT2D eigenvalue weighted by molar-refractivity contribution is 5.70. The first-order valence-corrected chi connectivity index (χ1v) is 5.53. The topological polar surface area (TPSA) is 81.0 Å². The lowest BCUT2D eigenvalue weighted by Gasteiger charge is -2.12. The van der Waals surface area contributed by atoms with Crippen LogP contribution in [0.1, 0.15) is 11.1 Å². The van der Waals surface area contributed by atoms with Gasteiger partial charge in [0.25, 0.3) is 5.56 Å². The number of nitrogen functional groups attached to an aromatic ring is 1. The lowest BCUT2D eigenvalue weighted by Crippen LogP contribution is -2.10. The van der Waals surface area contributed by atoms with Gasteiger partial charge in [-0.3, -0.25) is 9.78 Å². The molecule has 0 aliphatic heterocycles. The molecule has 0 aliphatic carbocycles. The van der Waals surface area contributed by atoms with Crippen molar-refractivity contribution in [2.45, 2.75) is 13.8 Å². The second-order valence-corrected chi connectivity index (χ2v) is 4.18. The fraction of sp³-hybridized carbons (Fsp3) is 0.231. The number of ether oxygens (including phenoxy) is 1. The van der Waals surface area contributed by atoms with Gasteiger partial charge >= 0.3 is 0 Å². The van der Waals surface area contributed by atoms with Crippen LogP contribution in [0.2, 0.25) is 0 Å². The summed E-state index contributed by atoms with van der Waals surface area (Å²) in [5, 5.41) is 0. The first-order chi connectivity index (χ1) is 8.51. The van der Waals surface area contributed by atoms with E-state index in [1.807, 2.05) is 26.0 Å². The molecule has 5 heteroatoms. The number of aryl methyl sites for hydroxylation is 2. The van der Waals surface area contributed by atoms with E-state index in [2.05, 4.69) is 9.97 Å². The molecule has 0 spiro atoms. The van der Waals surface area contributed by atoms with Crippen LogP contribution in [-0.2, 0) is 0 Å². The largest absolute Gasteiger partial charge is 0.496 e. The summed E-state index contributed by atoms with van der Waals surface area (Å²) < 4.78 is 5.37. The number of nitrogens with one attached hydrogen (secondary N) is 1. The summed E-state index contributed by atoms with van der Waals surface area (Å²) >= 11 is 0. The predicted octanol–water partition coefficient (Wildman–Crippen LogP) is 1.64. The molecule has 0 radical (unpaired) electrons. The van der Waals surface area contributed by atoms with Gasteiger partial charge in [-0.15, -0.1) is 0 Å². The Hall–Kier alpha value is -2.30. The monoisotopic (exact) mass is 245 g/mol. The van der Waals surface area contributed by atoms with Gasteiger partial charge in [0.15, 0.2) is 0 Å². The molecule has 94 valence electrons. The molecule has 2 rings (SSSR count). The van der Waals surface area contributed by atoms with Gasteiger partial charge in [0.05, 0.1) is 12.8 Å². The first-order valence-electron chi connectivity index (χ1n) is 5.53. The smallest absolute Gasteiger partial charge is 0.252 e. The lowest BCUT2D eigenvalue weighted by atomic mass is 10.0. The van der Waals surface area contributed by atoms with Crippen LogP contribution in [0.25, 0.3) is 11.3 Å². The average molecular weight is 245 g/mol. The molecule has 0 atom stereocenters. The SMILES string of the molecule is COc1c(C)cc(C)cc1-c1cc(=O)[nH]c(N)n1. The number of hydrogen-bond donors (Lipinski definition) is 2. The van der Waals surface area contributed by atoms with Crippen molar-refractivity contribution in [1.29, 1.82) is 0 Å². The summed E-state index contributed by atoms with van der Waals surface area (Å²) in [4.78, 5) is 18.0. The minimum atomic E-state index is -0.279. The van der Waals surface area contributed by atoms with Crippen LogP contribution in [0.5, 0.6) is 5.75 Å². The van der Waals surface area contributed by atoms with Crippen LogP contribution in [0.3, 0.4) is 0 Å². The van der Waals surface area contributed by atoms with Gasteiger partial charge in [-0.1, -0.05) is 6.07 Å². The molecular weight excluding hydrogens is 230 g/mol. The maximum absolute atomic E-state index is 11.4. The summed E-state index contributed by atoms with van der Waals surface area (Å²) in [6.45, 7) is 3.93. The molecule has 1 aromatic heterocycles. The fourth-order valence-electron chi connectivity index (χ4n) is 2.03. The van der Waals surface area contributed by atoms with Crippen molar-refractivity contribution in [3.05, 3.63) is 39.7 Å². The number of benzene rings is 1. The molecule has 0 fully saturated rings. The molecule has 0 saturated carbocycles. The highest BCUT2D eigenvalue weighted by atomic mass is 16.5. The molecule has 5 nitrogen and oxygen atoms in total. The van der Waals surface area contributed by atoms with Gasteiger partial charge in [0.2, 0.25) is 5.95 Å². The zero-order valence-electron chi connectivity index (χ0n) is 10.6.